The zero-order valence-corrected chi connectivity index (χ0v) is 14.1. The maximum absolute atomic E-state index is 12.2. The van der Waals surface area contributed by atoms with E-state index in [0.29, 0.717) is 34.1 Å². The number of carbonyl (C=O) groups is 1. The first kappa shape index (κ1) is 16.0. The third-order valence-corrected chi connectivity index (χ3v) is 4.29. The Hall–Kier alpha value is -1.85. The first-order valence-corrected chi connectivity index (χ1v) is 8.10. The molecule has 2 aromatic rings. The van der Waals surface area contributed by atoms with E-state index in [9.17, 15) is 4.79 Å². The van der Waals surface area contributed by atoms with Crippen molar-refractivity contribution in [1.29, 1.82) is 0 Å². The van der Waals surface area contributed by atoms with Crippen LogP contribution in [0.2, 0.25) is 10.0 Å². The summed E-state index contributed by atoms with van der Waals surface area (Å²) in [6.07, 6.45) is 4.15. The SMILES string of the molecule is CC1CCN1C(=O)c1cnc(NCc2cc(Cl)cc(Cl)c2)nc1. The van der Waals surface area contributed by atoms with Crippen molar-refractivity contribution in [3.8, 4) is 0 Å². The number of carbonyl (C=O) groups excluding carboxylic acids is 1. The molecule has 120 valence electrons. The van der Waals surface area contributed by atoms with Crippen molar-refractivity contribution < 1.29 is 4.79 Å². The number of nitrogens with one attached hydrogen (secondary N) is 1. The number of nitrogens with zero attached hydrogens (tertiary/aromatic N) is 3. The molecule has 0 aliphatic carbocycles. The summed E-state index contributed by atoms with van der Waals surface area (Å²) in [5.74, 6) is 0.436. The molecule has 1 unspecified atom stereocenters. The molecule has 0 spiro atoms. The van der Waals surface area contributed by atoms with Crippen LogP contribution in [0.5, 0.6) is 0 Å². The second-order valence-electron chi connectivity index (χ2n) is 5.56. The van der Waals surface area contributed by atoms with E-state index in [1.807, 2.05) is 24.0 Å². The summed E-state index contributed by atoms with van der Waals surface area (Å²) >= 11 is 11.9. The van der Waals surface area contributed by atoms with Gasteiger partial charge in [0.2, 0.25) is 5.95 Å². The van der Waals surface area contributed by atoms with Gasteiger partial charge in [0.05, 0.1) is 5.56 Å². The van der Waals surface area contributed by atoms with Crippen molar-refractivity contribution in [3.63, 3.8) is 0 Å². The Labute approximate surface area is 144 Å². The van der Waals surface area contributed by atoms with Crippen molar-refractivity contribution in [2.24, 2.45) is 0 Å². The number of hydrogen-bond donors (Lipinski definition) is 1. The number of halogens is 2. The molecule has 23 heavy (non-hydrogen) atoms. The van der Waals surface area contributed by atoms with E-state index >= 15 is 0 Å². The van der Waals surface area contributed by atoms with Gasteiger partial charge in [-0.15, -0.1) is 0 Å². The van der Waals surface area contributed by atoms with Gasteiger partial charge in [0.15, 0.2) is 0 Å². The summed E-state index contributed by atoms with van der Waals surface area (Å²) in [7, 11) is 0. The van der Waals surface area contributed by atoms with E-state index in [2.05, 4.69) is 15.3 Å². The maximum Gasteiger partial charge on any atom is 0.257 e. The summed E-state index contributed by atoms with van der Waals surface area (Å²) in [6.45, 7) is 3.33. The van der Waals surface area contributed by atoms with Gasteiger partial charge in [-0.2, -0.15) is 0 Å². The molecule has 1 aliphatic heterocycles. The van der Waals surface area contributed by atoms with Crippen LogP contribution in [0, 0.1) is 0 Å². The summed E-state index contributed by atoms with van der Waals surface area (Å²) in [6, 6.07) is 5.63. The zero-order valence-electron chi connectivity index (χ0n) is 12.6. The first-order chi connectivity index (χ1) is 11.0. The van der Waals surface area contributed by atoms with Gasteiger partial charge >= 0.3 is 0 Å². The lowest BCUT2D eigenvalue weighted by Crippen LogP contribution is -2.49. The fourth-order valence-corrected chi connectivity index (χ4v) is 2.98. The van der Waals surface area contributed by atoms with Crippen molar-refractivity contribution in [2.45, 2.75) is 25.9 Å². The Morgan fingerprint density at radius 2 is 1.91 bits per heavy atom. The van der Waals surface area contributed by atoms with Crippen molar-refractivity contribution >= 4 is 35.1 Å². The van der Waals surface area contributed by atoms with Gasteiger partial charge < -0.3 is 10.2 Å². The van der Waals surface area contributed by atoms with Gasteiger partial charge in [-0.3, -0.25) is 4.79 Å². The number of benzene rings is 1. The molecule has 0 radical (unpaired) electrons. The highest BCUT2D eigenvalue weighted by Gasteiger charge is 2.29. The van der Waals surface area contributed by atoms with Gasteiger partial charge in [-0.05, 0) is 37.1 Å². The number of likely N-dealkylation sites (tertiary alicyclic amines) is 1. The van der Waals surface area contributed by atoms with Crippen LogP contribution >= 0.6 is 23.2 Å². The highest BCUT2D eigenvalue weighted by atomic mass is 35.5. The Morgan fingerprint density at radius 3 is 2.43 bits per heavy atom. The average molecular weight is 351 g/mol. The molecule has 1 aliphatic rings. The standard InChI is InChI=1S/C16H16Cl2N4O/c1-10-2-3-22(10)15(23)12-8-20-16(21-9-12)19-7-11-4-13(17)6-14(18)5-11/h4-6,8-10H,2-3,7H2,1H3,(H,19,20,21). The van der Waals surface area contributed by atoms with Crippen LogP contribution in [0.15, 0.2) is 30.6 Å². The normalized spacial score (nSPS) is 16.8. The summed E-state index contributed by atoms with van der Waals surface area (Å²) in [4.78, 5) is 22.4. The predicted octanol–water partition coefficient (Wildman–Crippen LogP) is 3.63. The summed E-state index contributed by atoms with van der Waals surface area (Å²) in [5.41, 5.74) is 1.44. The second kappa shape index (κ2) is 6.72. The van der Waals surface area contributed by atoms with Crippen LogP contribution in [0.1, 0.15) is 29.3 Å². The largest absolute Gasteiger partial charge is 0.350 e. The van der Waals surface area contributed by atoms with Crippen LogP contribution in [0.3, 0.4) is 0 Å². The molecule has 1 amide bonds. The fourth-order valence-electron chi connectivity index (χ4n) is 2.41. The smallest absolute Gasteiger partial charge is 0.257 e. The van der Waals surface area contributed by atoms with Crippen LogP contribution in [0.4, 0.5) is 5.95 Å². The highest BCUT2D eigenvalue weighted by Crippen LogP contribution is 2.20. The molecule has 1 N–H and O–H groups in total. The quantitative estimate of drug-likeness (QED) is 0.914. The molecule has 0 saturated carbocycles. The number of aromatic nitrogens is 2. The van der Waals surface area contributed by atoms with Gasteiger partial charge in [0.25, 0.3) is 5.91 Å². The van der Waals surface area contributed by atoms with Crippen LogP contribution < -0.4 is 5.32 Å². The topological polar surface area (TPSA) is 58.1 Å². The molecule has 1 atom stereocenters. The lowest BCUT2D eigenvalue weighted by atomic mass is 10.0. The van der Waals surface area contributed by atoms with Gasteiger partial charge in [-0.1, -0.05) is 23.2 Å². The van der Waals surface area contributed by atoms with E-state index in [1.54, 1.807) is 18.5 Å². The van der Waals surface area contributed by atoms with Crippen molar-refractivity contribution in [3.05, 3.63) is 51.8 Å². The van der Waals surface area contributed by atoms with E-state index in [4.69, 9.17) is 23.2 Å². The fraction of sp³-hybridized carbons (Fsp3) is 0.312. The summed E-state index contributed by atoms with van der Waals surface area (Å²) < 4.78 is 0. The molecule has 0 bridgehead atoms. The Morgan fingerprint density at radius 1 is 1.26 bits per heavy atom. The van der Waals surface area contributed by atoms with Crippen LogP contribution in [-0.2, 0) is 6.54 Å². The Kier molecular flexibility index (Phi) is 4.68. The molecular weight excluding hydrogens is 335 g/mol. The van der Waals surface area contributed by atoms with Crippen molar-refractivity contribution in [1.82, 2.24) is 14.9 Å². The minimum Gasteiger partial charge on any atom is -0.350 e. The molecular formula is C16H16Cl2N4O. The van der Waals surface area contributed by atoms with E-state index in [-0.39, 0.29) is 5.91 Å². The monoisotopic (exact) mass is 350 g/mol. The zero-order chi connectivity index (χ0) is 16.4. The predicted molar refractivity (Wildman–Crippen MR) is 90.9 cm³/mol. The number of amides is 1. The molecule has 3 rings (SSSR count). The van der Waals surface area contributed by atoms with Crippen LogP contribution in [-0.4, -0.2) is 33.4 Å². The second-order valence-corrected chi connectivity index (χ2v) is 6.44. The van der Waals surface area contributed by atoms with E-state index < -0.39 is 0 Å². The number of anilines is 1. The molecule has 7 heteroatoms. The molecule has 2 heterocycles. The molecule has 1 saturated heterocycles. The van der Waals surface area contributed by atoms with E-state index in [1.165, 1.54) is 0 Å². The third-order valence-electron chi connectivity index (χ3n) is 3.85. The highest BCUT2D eigenvalue weighted by molar-refractivity contribution is 6.34. The van der Waals surface area contributed by atoms with Gasteiger partial charge in [-0.25, -0.2) is 9.97 Å². The molecule has 5 nitrogen and oxygen atoms in total. The first-order valence-electron chi connectivity index (χ1n) is 7.35. The van der Waals surface area contributed by atoms with E-state index in [0.717, 1.165) is 18.5 Å². The number of hydrogen-bond acceptors (Lipinski definition) is 4. The minimum absolute atomic E-state index is 0.0167. The molecule has 1 fully saturated rings. The molecule has 1 aromatic carbocycles. The summed E-state index contributed by atoms with van der Waals surface area (Å²) in [5, 5.41) is 4.25. The van der Waals surface area contributed by atoms with Crippen molar-refractivity contribution in [2.75, 3.05) is 11.9 Å². The molecule has 1 aromatic heterocycles. The lowest BCUT2D eigenvalue weighted by Gasteiger charge is -2.38. The third kappa shape index (κ3) is 3.74. The number of rotatable bonds is 4. The van der Waals surface area contributed by atoms with Gasteiger partial charge in [0.1, 0.15) is 0 Å². The minimum atomic E-state index is -0.0167. The Balaban J connectivity index is 1.62. The average Bonchev–Trinajstić information content (AvgIpc) is 2.51. The van der Waals surface area contributed by atoms with Gasteiger partial charge in [0, 0.05) is 41.6 Å². The maximum atomic E-state index is 12.2. The van der Waals surface area contributed by atoms with Crippen LogP contribution in [0.25, 0.3) is 0 Å². The Bertz CT molecular complexity index is 700. The lowest BCUT2D eigenvalue weighted by molar-refractivity contribution is 0.0501.